The highest BCUT2D eigenvalue weighted by atomic mass is 16.5. The number of pyridine rings is 1. The Morgan fingerprint density at radius 2 is 1.73 bits per heavy atom. The summed E-state index contributed by atoms with van der Waals surface area (Å²) in [6.45, 7) is 0.340. The molecule has 0 saturated heterocycles. The number of hydrogen-bond acceptors (Lipinski definition) is 5. The molecule has 0 radical (unpaired) electrons. The van der Waals surface area contributed by atoms with Gasteiger partial charge in [0.1, 0.15) is 5.75 Å². The first-order valence-corrected chi connectivity index (χ1v) is 8.36. The Bertz CT molecular complexity index is 851. The summed E-state index contributed by atoms with van der Waals surface area (Å²) in [6.07, 6.45) is 7.78. The average molecular weight is 348 g/mol. The molecule has 2 heterocycles. The molecule has 0 spiro atoms. The number of nitrogens with one attached hydrogen (secondary N) is 1. The molecule has 3 aromatic rings. The van der Waals surface area contributed by atoms with Crippen LogP contribution in [0.5, 0.6) is 5.75 Å². The number of rotatable bonds is 7. The van der Waals surface area contributed by atoms with Crippen molar-refractivity contribution < 1.29 is 9.53 Å². The van der Waals surface area contributed by atoms with Crippen molar-refractivity contribution in [2.75, 3.05) is 7.11 Å². The van der Waals surface area contributed by atoms with Crippen LogP contribution < -0.4 is 10.1 Å². The molecule has 1 amide bonds. The number of ether oxygens (including phenoxy) is 1. The number of carbonyl (C=O) groups excluding carboxylic acids is 1. The number of hydrogen-bond donors (Lipinski definition) is 1. The minimum absolute atomic E-state index is 0.0212. The smallest absolute Gasteiger partial charge is 0.220 e. The standard InChI is InChI=1S/C20H20N4O2/c1-26-17-5-2-15(3-6-17)4-7-19(25)24-14-18-20(23-13-12-22-18)16-8-10-21-11-9-16/h2-3,5-6,8-13H,4,7,14H2,1H3,(H,24,25). The summed E-state index contributed by atoms with van der Waals surface area (Å²) in [4.78, 5) is 24.9. The molecule has 0 aliphatic carbocycles. The molecule has 1 aromatic carbocycles. The first kappa shape index (κ1) is 17.5. The molecule has 0 fully saturated rings. The van der Waals surface area contributed by atoms with Gasteiger partial charge in [-0.25, -0.2) is 0 Å². The van der Waals surface area contributed by atoms with E-state index >= 15 is 0 Å². The number of methoxy groups -OCH3 is 1. The molecular formula is C20H20N4O2. The van der Waals surface area contributed by atoms with Crippen LogP contribution in [0.15, 0.2) is 61.2 Å². The van der Waals surface area contributed by atoms with Crippen LogP contribution in [0.1, 0.15) is 17.7 Å². The van der Waals surface area contributed by atoms with E-state index < -0.39 is 0 Å². The number of amides is 1. The molecule has 132 valence electrons. The molecule has 1 N–H and O–H groups in total. The zero-order valence-electron chi connectivity index (χ0n) is 14.6. The second kappa shape index (κ2) is 8.71. The van der Waals surface area contributed by atoms with Crippen molar-refractivity contribution >= 4 is 5.91 Å². The molecule has 0 bridgehead atoms. The molecule has 0 atom stereocenters. The Labute approximate surface area is 152 Å². The van der Waals surface area contributed by atoms with Crippen LogP contribution in [-0.2, 0) is 17.8 Å². The van der Waals surface area contributed by atoms with Crippen LogP contribution in [0.2, 0.25) is 0 Å². The minimum Gasteiger partial charge on any atom is -0.497 e. The van der Waals surface area contributed by atoms with Gasteiger partial charge >= 0.3 is 0 Å². The van der Waals surface area contributed by atoms with Crippen molar-refractivity contribution in [1.29, 1.82) is 0 Å². The van der Waals surface area contributed by atoms with Gasteiger partial charge in [-0.3, -0.25) is 19.7 Å². The summed E-state index contributed by atoms with van der Waals surface area (Å²) in [7, 11) is 1.63. The highest BCUT2D eigenvalue weighted by Gasteiger charge is 2.09. The van der Waals surface area contributed by atoms with Crippen molar-refractivity contribution in [3.8, 4) is 17.0 Å². The lowest BCUT2D eigenvalue weighted by atomic mass is 10.1. The zero-order chi connectivity index (χ0) is 18.2. The Morgan fingerprint density at radius 3 is 2.46 bits per heavy atom. The van der Waals surface area contributed by atoms with Crippen LogP contribution in [0.3, 0.4) is 0 Å². The van der Waals surface area contributed by atoms with Crippen molar-refractivity contribution in [3.63, 3.8) is 0 Å². The van der Waals surface area contributed by atoms with Gasteiger partial charge in [-0.1, -0.05) is 12.1 Å². The van der Waals surface area contributed by atoms with E-state index in [9.17, 15) is 4.79 Å². The Kier molecular flexibility index (Phi) is 5.88. The maximum atomic E-state index is 12.2. The molecule has 0 unspecified atom stereocenters. The third kappa shape index (κ3) is 4.63. The number of nitrogens with zero attached hydrogens (tertiary/aromatic N) is 3. The van der Waals surface area contributed by atoms with Gasteiger partial charge in [0, 0.05) is 36.8 Å². The summed E-state index contributed by atoms with van der Waals surface area (Å²) < 4.78 is 5.13. The van der Waals surface area contributed by atoms with E-state index in [-0.39, 0.29) is 5.91 Å². The number of carbonyl (C=O) groups is 1. The van der Waals surface area contributed by atoms with Crippen molar-refractivity contribution in [1.82, 2.24) is 20.3 Å². The molecule has 3 rings (SSSR count). The highest BCUT2D eigenvalue weighted by Crippen LogP contribution is 2.18. The number of aryl methyl sites for hydroxylation is 1. The molecule has 26 heavy (non-hydrogen) atoms. The van der Waals surface area contributed by atoms with Gasteiger partial charge in [-0.05, 0) is 36.2 Å². The van der Waals surface area contributed by atoms with E-state index in [0.717, 1.165) is 28.3 Å². The van der Waals surface area contributed by atoms with Crippen molar-refractivity contribution in [3.05, 3.63) is 72.4 Å². The van der Waals surface area contributed by atoms with E-state index in [4.69, 9.17) is 4.74 Å². The first-order valence-electron chi connectivity index (χ1n) is 8.36. The predicted molar refractivity (Wildman–Crippen MR) is 98.4 cm³/mol. The molecule has 2 aromatic heterocycles. The van der Waals surface area contributed by atoms with Crippen LogP contribution in [-0.4, -0.2) is 28.0 Å². The lowest BCUT2D eigenvalue weighted by molar-refractivity contribution is -0.121. The lowest BCUT2D eigenvalue weighted by Gasteiger charge is -2.09. The normalized spacial score (nSPS) is 10.3. The van der Waals surface area contributed by atoms with Gasteiger partial charge in [-0.15, -0.1) is 0 Å². The lowest BCUT2D eigenvalue weighted by Crippen LogP contribution is -2.24. The van der Waals surface area contributed by atoms with Crippen LogP contribution >= 0.6 is 0 Å². The largest absolute Gasteiger partial charge is 0.497 e. The summed E-state index contributed by atoms with van der Waals surface area (Å²) >= 11 is 0. The fraction of sp³-hybridized carbons (Fsp3) is 0.200. The third-order valence-corrected chi connectivity index (χ3v) is 3.98. The SMILES string of the molecule is COc1ccc(CCC(=O)NCc2nccnc2-c2ccncc2)cc1. The van der Waals surface area contributed by atoms with Gasteiger partial charge < -0.3 is 10.1 Å². The first-order chi connectivity index (χ1) is 12.8. The van der Waals surface area contributed by atoms with E-state index in [1.807, 2.05) is 36.4 Å². The monoisotopic (exact) mass is 348 g/mol. The molecule has 0 aliphatic rings. The molecule has 0 aliphatic heterocycles. The van der Waals surface area contributed by atoms with Gasteiger partial charge in [0.2, 0.25) is 5.91 Å². The average Bonchev–Trinajstić information content (AvgIpc) is 2.72. The molecular weight excluding hydrogens is 328 g/mol. The Hall–Kier alpha value is -3.28. The second-order valence-electron chi connectivity index (χ2n) is 5.71. The Balaban J connectivity index is 1.56. The van der Waals surface area contributed by atoms with Gasteiger partial charge in [0.05, 0.1) is 25.0 Å². The summed E-state index contributed by atoms with van der Waals surface area (Å²) in [5, 5.41) is 2.92. The van der Waals surface area contributed by atoms with E-state index in [2.05, 4.69) is 20.3 Å². The zero-order valence-corrected chi connectivity index (χ0v) is 14.6. The van der Waals surface area contributed by atoms with E-state index in [0.29, 0.717) is 19.4 Å². The summed E-state index contributed by atoms with van der Waals surface area (Å²) in [5.74, 6) is 0.789. The van der Waals surface area contributed by atoms with Crippen LogP contribution in [0, 0.1) is 0 Å². The Morgan fingerprint density at radius 1 is 1.00 bits per heavy atom. The van der Waals surface area contributed by atoms with Crippen LogP contribution in [0.4, 0.5) is 0 Å². The van der Waals surface area contributed by atoms with Crippen molar-refractivity contribution in [2.45, 2.75) is 19.4 Å². The maximum Gasteiger partial charge on any atom is 0.220 e. The van der Waals surface area contributed by atoms with Crippen molar-refractivity contribution in [2.24, 2.45) is 0 Å². The van der Waals surface area contributed by atoms with Gasteiger partial charge in [0.25, 0.3) is 0 Å². The van der Waals surface area contributed by atoms with Gasteiger partial charge in [-0.2, -0.15) is 0 Å². The topological polar surface area (TPSA) is 77.0 Å². The van der Waals surface area contributed by atoms with Crippen LogP contribution in [0.25, 0.3) is 11.3 Å². The van der Waals surface area contributed by atoms with E-state index in [1.54, 1.807) is 31.9 Å². The molecule has 0 saturated carbocycles. The second-order valence-corrected chi connectivity index (χ2v) is 5.71. The fourth-order valence-corrected chi connectivity index (χ4v) is 2.57. The summed E-state index contributed by atoms with van der Waals surface area (Å²) in [6, 6.07) is 11.5. The fourth-order valence-electron chi connectivity index (χ4n) is 2.57. The minimum atomic E-state index is -0.0212. The number of benzene rings is 1. The maximum absolute atomic E-state index is 12.2. The third-order valence-electron chi connectivity index (χ3n) is 3.98. The van der Waals surface area contributed by atoms with E-state index in [1.165, 1.54) is 0 Å². The number of aromatic nitrogens is 3. The molecule has 6 nitrogen and oxygen atoms in total. The summed E-state index contributed by atoms with van der Waals surface area (Å²) in [5.41, 5.74) is 3.51. The predicted octanol–water partition coefficient (Wildman–Crippen LogP) is 2.80. The molecule has 6 heteroatoms. The highest BCUT2D eigenvalue weighted by molar-refractivity contribution is 5.76. The van der Waals surface area contributed by atoms with Gasteiger partial charge in [0.15, 0.2) is 0 Å². The quantitative estimate of drug-likeness (QED) is 0.710.